The number of nitriles is 1. The van der Waals surface area contributed by atoms with E-state index in [0.717, 1.165) is 29.3 Å². The predicted octanol–water partition coefficient (Wildman–Crippen LogP) is 4.80. The Labute approximate surface area is 245 Å². The van der Waals surface area contributed by atoms with Crippen LogP contribution >= 0.6 is 11.6 Å². The van der Waals surface area contributed by atoms with Crippen LogP contribution in [0.25, 0.3) is 0 Å². The quantitative estimate of drug-likeness (QED) is 0.446. The number of benzene rings is 2. The molecule has 2 atom stereocenters. The van der Waals surface area contributed by atoms with Gasteiger partial charge in [0.2, 0.25) is 5.91 Å². The summed E-state index contributed by atoms with van der Waals surface area (Å²) in [6.07, 6.45) is -5.10. The lowest BCUT2D eigenvalue weighted by Gasteiger charge is -2.29. The number of hydrogen-bond donors (Lipinski definition) is 1. The minimum absolute atomic E-state index is 0.266. The Morgan fingerprint density at radius 1 is 1.14 bits per heavy atom. The fourth-order valence-corrected chi connectivity index (χ4v) is 7.31. The van der Waals surface area contributed by atoms with Crippen molar-refractivity contribution in [1.29, 1.82) is 5.26 Å². The van der Waals surface area contributed by atoms with E-state index in [2.05, 4.69) is 10.1 Å². The summed E-state index contributed by atoms with van der Waals surface area (Å²) in [6.45, 7) is 0.0301. The van der Waals surface area contributed by atoms with Crippen LogP contribution in [0.1, 0.15) is 43.2 Å². The zero-order valence-electron chi connectivity index (χ0n) is 22.4. The van der Waals surface area contributed by atoms with Crippen molar-refractivity contribution >= 4 is 33.4 Å². The molecule has 0 spiro atoms. The van der Waals surface area contributed by atoms with E-state index in [1.165, 1.54) is 4.90 Å². The molecule has 3 aliphatic rings. The number of carbonyl (C=O) groups is 2. The van der Waals surface area contributed by atoms with Gasteiger partial charge in [-0.1, -0.05) is 41.4 Å². The van der Waals surface area contributed by atoms with E-state index in [1.54, 1.807) is 0 Å². The molecular formula is C28H27ClF3N3O6S. The van der Waals surface area contributed by atoms with Crippen molar-refractivity contribution in [3.63, 3.8) is 0 Å². The zero-order chi connectivity index (χ0) is 30.5. The molecule has 2 aliphatic carbocycles. The number of alkyl halides is 3. The van der Waals surface area contributed by atoms with Crippen molar-refractivity contribution in [2.45, 2.75) is 72.5 Å². The second-order valence-corrected chi connectivity index (χ2v) is 13.6. The molecule has 42 heavy (non-hydrogen) atoms. The number of nitrogens with zero attached hydrogens (tertiary/aromatic N) is 2. The number of likely N-dealkylation sites (tertiary alicyclic amines) is 1. The molecule has 224 valence electrons. The van der Waals surface area contributed by atoms with E-state index in [1.807, 2.05) is 37.3 Å². The maximum Gasteiger partial charge on any atom is 0.422 e. The van der Waals surface area contributed by atoms with E-state index in [-0.39, 0.29) is 34.5 Å². The Kier molecular flexibility index (Phi) is 7.60. The molecule has 3 fully saturated rings. The fraction of sp³-hybridized carbons (Fsp3) is 0.464. The third-order valence-electron chi connectivity index (χ3n) is 7.84. The number of rotatable bonds is 8. The first-order chi connectivity index (χ1) is 19.7. The molecule has 2 aromatic rings. The monoisotopic (exact) mass is 625 g/mol. The molecule has 2 amide bonds. The van der Waals surface area contributed by atoms with E-state index in [9.17, 15) is 36.4 Å². The highest BCUT2D eigenvalue weighted by atomic mass is 35.5. The maximum absolute atomic E-state index is 14.0. The lowest BCUT2D eigenvalue weighted by Crippen LogP contribution is -2.46. The second kappa shape index (κ2) is 10.6. The third kappa shape index (κ3) is 6.01. The normalized spacial score (nSPS) is 22.1. The number of carbonyl (C=O) groups excluding carboxylic acids is 2. The van der Waals surface area contributed by atoms with Crippen LogP contribution in [0.2, 0.25) is 5.02 Å². The minimum Gasteiger partial charge on any atom is -0.484 e. The number of alkyl carbamates (subject to hydrolysis) is 1. The summed E-state index contributed by atoms with van der Waals surface area (Å²) in [4.78, 5) is 27.6. The Hall–Kier alpha value is -3.50. The summed E-state index contributed by atoms with van der Waals surface area (Å²) in [5, 5.41) is 10.2. The van der Waals surface area contributed by atoms with E-state index in [4.69, 9.17) is 16.3 Å². The zero-order valence-corrected chi connectivity index (χ0v) is 24.0. The molecule has 2 aromatic carbocycles. The first-order valence-electron chi connectivity index (χ1n) is 13.2. The fourth-order valence-electron chi connectivity index (χ4n) is 5.10. The van der Waals surface area contributed by atoms with Crippen LogP contribution in [0.5, 0.6) is 5.75 Å². The highest BCUT2D eigenvalue weighted by Gasteiger charge is 2.57. The van der Waals surface area contributed by atoms with E-state index >= 15 is 0 Å². The summed E-state index contributed by atoms with van der Waals surface area (Å²) >= 11 is 6.19. The van der Waals surface area contributed by atoms with Crippen molar-refractivity contribution in [3.05, 3.63) is 58.6 Å². The van der Waals surface area contributed by atoms with Gasteiger partial charge in [-0.3, -0.25) is 4.79 Å². The van der Waals surface area contributed by atoms with Gasteiger partial charge in [0.05, 0.1) is 26.7 Å². The molecule has 9 nitrogen and oxygen atoms in total. The number of ether oxygens (including phenoxy) is 2. The van der Waals surface area contributed by atoms with Crippen molar-refractivity contribution in [1.82, 2.24) is 10.2 Å². The van der Waals surface area contributed by atoms with E-state index < -0.39 is 51.1 Å². The second-order valence-electron chi connectivity index (χ2n) is 11.0. The molecule has 2 saturated carbocycles. The summed E-state index contributed by atoms with van der Waals surface area (Å²) < 4.78 is 75.2. The summed E-state index contributed by atoms with van der Waals surface area (Å²) in [5.74, 6) is -0.650. The molecule has 0 unspecified atom stereocenters. The smallest absolute Gasteiger partial charge is 0.422 e. The van der Waals surface area contributed by atoms with Crippen LogP contribution in [0, 0.1) is 18.3 Å². The topological polar surface area (TPSA) is 126 Å². The van der Waals surface area contributed by atoms with Gasteiger partial charge < -0.3 is 19.7 Å². The van der Waals surface area contributed by atoms with Gasteiger partial charge in [0.15, 0.2) is 22.7 Å². The molecule has 5 rings (SSSR count). The van der Waals surface area contributed by atoms with Gasteiger partial charge in [-0.25, -0.2) is 13.2 Å². The molecule has 1 N–H and O–H groups in total. The van der Waals surface area contributed by atoms with Crippen molar-refractivity contribution in [2.75, 3.05) is 13.2 Å². The molecule has 0 radical (unpaired) electrons. The Morgan fingerprint density at radius 2 is 1.81 bits per heavy atom. The minimum atomic E-state index is -4.59. The molecular weight excluding hydrogens is 599 g/mol. The van der Waals surface area contributed by atoms with Gasteiger partial charge >= 0.3 is 12.3 Å². The first kappa shape index (κ1) is 30.0. The molecule has 0 aromatic heterocycles. The Morgan fingerprint density at radius 3 is 2.36 bits per heavy atom. The number of amides is 2. The highest BCUT2D eigenvalue weighted by Crippen LogP contribution is 2.51. The summed E-state index contributed by atoms with van der Waals surface area (Å²) in [5.41, 5.74) is -0.153. The van der Waals surface area contributed by atoms with Crippen LogP contribution in [0.3, 0.4) is 0 Å². The lowest BCUT2D eigenvalue weighted by molar-refractivity contribution is -0.153. The van der Waals surface area contributed by atoms with Crippen LogP contribution in [-0.4, -0.2) is 61.7 Å². The highest BCUT2D eigenvalue weighted by molar-refractivity contribution is 7.92. The largest absolute Gasteiger partial charge is 0.484 e. The number of halogens is 4. The maximum atomic E-state index is 14.0. The van der Waals surface area contributed by atoms with Gasteiger partial charge in [-0.15, -0.1) is 0 Å². The number of nitrogens with one attached hydrogen (secondary N) is 1. The van der Waals surface area contributed by atoms with Crippen LogP contribution in [-0.2, 0) is 24.8 Å². The average molecular weight is 626 g/mol. The van der Waals surface area contributed by atoms with Crippen LogP contribution in [0.15, 0.2) is 47.4 Å². The molecule has 0 bridgehead atoms. The Bertz CT molecular complexity index is 1550. The van der Waals surface area contributed by atoms with Gasteiger partial charge in [0.1, 0.15) is 11.3 Å². The molecule has 1 heterocycles. The third-order valence-corrected chi connectivity index (χ3v) is 10.4. The summed E-state index contributed by atoms with van der Waals surface area (Å²) in [7, 11) is -4.26. The number of aryl methyl sites for hydroxylation is 1. The molecule has 1 aliphatic heterocycles. The van der Waals surface area contributed by atoms with Crippen LogP contribution in [0.4, 0.5) is 18.0 Å². The lowest BCUT2D eigenvalue weighted by atomic mass is 9.93. The number of sulfone groups is 1. The SMILES string of the molecule is Cc1ccc(C2(C(=O)N3C[C@H](S(=O)(=O)c4ccc(OCC(F)(F)F)cc4Cl)C[C@@H]3OC(=O)NC3(C#N)CC3)CC2)cc1. The van der Waals surface area contributed by atoms with Crippen molar-refractivity contribution in [3.8, 4) is 11.8 Å². The summed E-state index contributed by atoms with van der Waals surface area (Å²) in [6, 6.07) is 12.6. The predicted molar refractivity (Wildman–Crippen MR) is 143 cm³/mol. The molecule has 1 saturated heterocycles. The Balaban J connectivity index is 1.40. The van der Waals surface area contributed by atoms with Crippen molar-refractivity contribution < 1.29 is 40.7 Å². The van der Waals surface area contributed by atoms with Gasteiger partial charge in [-0.2, -0.15) is 18.4 Å². The standard InChI is InChI=1S/C28H27ClF3N3O6S/c1-17-2-4-18(5-3-17)27(10-11-27)24(36)35-14-20(13-23(35)41-25(37)34-26(15-33)8-9-26)42(38,39)22-7-6-19(12-21(22)29)40-16-28(30,31)32/h2-7,12,20,23H,8-11,13-14,16H2,1H3,(H,34,37)/t20-,23+/m1/s1. The van der Waals surface area contributed by atoms with Gasteiger partial charge in [0, 0.05) is 19.0 Å². The van der Waals surface area contributed by atoms with Crippen LogP contribution < -0.4 is 10.1 Å². The van der Waals surface area contributed by atoms with Gasteiger partial charge in [-0.05, 0) is 50.3 Å². The van der Waals surface area contributed by atoms with Crippen molar-refractivity contribution in [2.24, 2.45) is 0 Å². The van der Waals surface area contributed by atoms with E-state index in [0.29, 0.717) is 25.7 Å². The van der Waals surface area contributed by atoms with Gasteiger partial charge in [0.25, 0.3) is 0 Å². The first-order valence-corrected chi connectivity index (χ1v) is 15.1. The average Bonchev–Trinajstić information content (AvgIpc) is 3.84. The number of hydrogen-bond acceptors (Lipinski definition) is 7. The molecule has 14 heteroatoms.